The summed E-state index contributed by atoms with van der Waals surface area (Å²) in [5.41, 5.74) is 1.70. The highest BCUT2D eigenvalue weighted by molar-refractivity contribution is 8.00. The van der Waals surface area contributed by atoms with Gasteiger partial charge in [0.1, 0.15) is 10.6 Å². The fourth-order valence-corrected chi connectivity index (χ4v) is 4.74. The smallest absolute Gasteiger partial charge is 0.290 e. The number of para-hydroxylation sites is 1. The number of nitrogens with zero attached hydrogens (tertiary/aromatic N) is 3. The highest BCUT2D eigenvalue weighted by Crippen LogP contribution is 2.33. The van der Waals surface area contributed by atoms with E-state index in [2.05, 4.69) is 15.5 Å². The number of aryl methyl sites for hydroxylation is 1. The summed E-state index contributed by atoms with van der Waals surface area (Å²) in [7, 11) is 0. The summed E-state index contributed by atoms with van der Waals surface area (Å²) in [6, 6.07) is 7.82. The lowest BCUT2D eigenvalue weighted by atomic mass is 10.1. The molecule has 0 radical (unpaired) electrons. The lowest BCUT2D eigenvalue weighted by Gasteiger charge is -2.26. The van der Waals surface area contributed by atoms with Gasteiger partial charge >= 0.3 is 0 Å². The van der Waals surface area contributed by atoms with Gasteiger partial charge in [-0.3, -0.25) is 4.79 Å². The van der Waals surface area contributed by atoms with Crippen LogP contribution >= 0.6 is 23.1 Å². The molecule has 6 nitrogen and oxygen atoms in total. The minimum atomic E-state index is -0.0262. The minimum absolute atomic E-state index is 0.0262. The third-order valence-corrected chi connectivity index (χ3v) is 6.14. The van der Waals surface area contributed by atoms with Crippen molar-refractivity contribution in [2.45, 2.75) is 17.0 Å². The van der Waals surface area contributed by atoms with Gasteiger partial charge in [0.05, 0.1) is 0 Å². The van der Waals surface area contributed by atoms with Gasteiger partial charge in [-0.15, -0.1) is 10.2 Å². The quantitative estimate of drug-likeness (QED) is 0.708. The number of furan rings is 1. The van der Waals surface area contributed by atoms with Gasteiger partial charge in [-0.1, -0.05) is 41.3 Å². The molecular weight excluding hydrogens is 356 g/mol. The van der Waals surface area contributed by atoms with Crippen molar-refractivity contribution in [3.05, 3.63) is 40.6 Å². The van der Waals surface area contributed by atoms with E-state index in [4.69, 9.17) is 4.42 Å². The van der Waals surface area contributed by atoms with Crippen molar-refractivity contribution in [1.29, 1.82) is 0 Å². The largest absolute Gasteiger partial charge is 0.451 e. The minimum Gasteiger partial charge on any atom is -0.451 e. The highest BCUT2D eigenvalue weighted by atomic mass is 32.2. The van der Waals surface area contributed by atoms with Crippen LogP contribution in [0.25, 0.3) is 11.0 Å². The number of carbonyl (C=O) groups is 1. The van der Waals surface area contributed by atoms with Crippen LogP contribution in [0.3, 0.4) is 0 Å². The molecule has 1 amide bonds. The average Bonchev–Trinajstić information content (AvgIpc) is 3.23. The monoisotopic (exact) mass is 374 g/mol. The van der Waals surface area contributed by atoms with Crippen molar-refractivity contribution in [1.82, 2.24) is 20.4 Å². The Balaban J connectivity index is 1.66. The molecule has 3 heterocycles. The van der Waals surface area contributed by atoms with E-state index in [1.807, 2.05) is 36.1 Å². The van der Waals surface area contributed by atoms with Gasteiger partial charge in [-0.2, -0.15) is 0 Å². The number of fused-ring (bicyclic) bond motifs is 1. The molecule has 0 saturated carbocycles. The Morgan fingerprint density at radius 2 is 2.12 bits per heavy atom. The molecule has 0 aliphatic carbocycles. The molecule has 4 rings (SSSR count). The standard InChI is InChI=1S/C17H18N4O2S2/c1-11-19-20-17(25-11)24-10-13-12-4-2-3-5-14(12)23-15(13)16(22)21-8-6-18-7-9-21/h2-5,18H,6-10H2,1H3. The van der Waals surface area contributed by atoms with E-state index >= 15 is 0 Å². The zero-order valence-electron chi connectivity index (χ0n) is 13.8. The van der Waals surface area contributed by atoms with Gasteiger partial charge in [-0.25, -0.2) is 0 Å². The summed E-state index contributed by atoms with van der Waals surface area (Å²) in [6.07, 6.45) is 0. The molecule has 1 aliphatic rings. The summed E-state index contributed by atoms with van der Waals surface area (Å²) in [5.74, 6) is 1.07. The fraction of sp³-hybridized carbons (Fsp3) is 0.353. The molecule has 1 saturated heterocycles. The number of piperazine rings is 1. The molecule has 0 bridgehead atoms. The van der Waals surface area contributed by atoms with E-state index in [0.29, 0.717) is 24.6 Å². The predicted octanol–water partition coefficient (Wildman–Crippen LogP) is 2.93. The summed E-state index contributed by atoms with van der Waals surface area (Å²) < 4.78 is 6.86. The van der Waals surface area contributed by atoms with Crippen LogP contribution in [0.5, 0.6) is 0 Å². The molecule has 3 aromatic rings. The van der Waals surface area contributed by atoms with Gasteiger partial charge in [-0.05, 0) is 13.0 Å². The second kappa shape index (κ2) is 7.15. The van der Waals surface area contributed by atoms with Crippen LogP contribution in [0, 0.1) is 6.92 Å². The number of hydrogen-bond acceptors (Lipinski definition) is 7. The summed E-state index contributed by atoms with van der Waals surface area (Å²) >= 11 is 3.16. The van der Waals surface area contributed by atoms with E-state index in [-0.39, 0.29) is 5.91 Å². The maximum absolute atomic E-state index is 13.0. The number of benzene rings is 1. The van der Waals surface area contributed by atoms with Gasteiger partial charge in [0.15, 0.2) is 10.1 Å². The molecule has 0 spiro atoms. The van der Waals surface area contributed by atoms with Crippen molar-refractivity contribution >= 4 is 40.0 Å². The number of amides is 1. The maximum Gasteiger partial charge on any atom is 0.290 e. The van der Waals surface area contributed by atoms with Crippen molar-refractivity contribution in [3.63, 3.8) is 0 Å². The van der Waals surface area contributed by atoms with Crippen molar-refractivity contribution < 1.29 is 9.21 Å². The zero-order chi connectivity index (χ0) is 17.2. The zero-order valence-corrected chi connectivity index (χ0v) is 15.5. The van der Waals surface area contributed by atoms with E-state index in [1.54, 1.807) is 23.1 Å². The van der Waals surface area contributed by atoms with E-state index < -0.39 is 0 Å². The first-order valence-electron chi connectivity index (χ1n) is 8.15. The van der Waals surface area contributed by atoms with Crippen LogP contribution in [0.4, 0.5) is 0 Å². The molecule has 1 N–H and O–H groups in total. The average molecular weight is 374 g/mol. The SMILES string of the molecule is Cc1nnc(SCc2c(C(=O)N3CCNCC3)oc3ccccc23)s1. The molecule has 0 atom stereocenters. The topological polar surface area (TPSA) is 71.3 Å². The molecule has 1 aliphatic heterocycles. The van der Waals surface area contributed by atoms with E-state index in [0.717, 1.165) is 39.0 Å². The Morgan fingerprint density at radius 1 is 1.32 bits per heavy atom. The Labute approximate surface area is 153 Å². The molecule has 2 aromatic heterocycles. The number of hydrogen-bond donors (Lipinski definition) is 1. The third-order valence-electron chi connectivity index (χ3n) is 4.14. The lowest BCUT2D eigenvalue weighted by molar-refractivity contribution is 0.0705. The van der Waals surface area contributed by atoms with Crippen molar-refractivity contribution in [2.24, 2.45) is 0 Å². The number of aromatic nitrogens is 2. The Bertz CT molecular complexity index is 899. The third kappa shape index (κ3) is 3.42. The van der Waals surface area contributed by atoms with Gasteiger partial charge in [0, 0.05) is 42.9 Å². The summed E-state index contributed by atoms with van der Waals surface area (Å²) in [4.78, 5) is 14.8. The van der Waals surface area contributed by atoms with Crippen LogP contribution in [-0.2, 0) is 5.75 Å². The first-order valence-corrected chi connectivity index (χ1v) is 9.96. The second-order valence-electron chi connectivity index (χ2n) is 5.82. The first kappa shape index (κ1) is 16.6. The van der Waals surface area contributed by atoms with Crippen molar-refractivity contribution in [3.8, 4) is 0 Å². The highest BCUT2D eigenvalue weighted by Gasteiger charge is 2.26. The normalized spacial score (nSPS) is 15.0. The van der Waals surface area contributed by atoms with Gasteiger partial charge in [0.25, 0.3) is 5.91 Å². The van der Waals surface area contributed by atoms with Crippen LogP contribution < -0.4 is 5.32 Å². The molecule has 1 fully saturated rings. The van der Waals surface area contributed by atoms with Crippen LogP contribution in [-0.4, -0.2) is 47.2 Å². The number of thioether (sulfide) groups is 1. The molecule has 8 heteroatoms. The summed E-state index contributed by atoms with van der Waals surface area (Å²) in [6.45, 7) is 4.99. The molecular formula is C17H18N4O2S2. The Hall–Kier alpha value is -1.90. The van der Waals surface area contributed by atoms with Crippen LogP contribution in [0.2, 0.25) is 0 Å². The van der Waals surface area contributed by atoms with Crippen LogP contribution in [0.1, 0.15) is 21.1 Å². The molecule has 1 aromatic carbocycles. The fourth-order valence-electron chi connectivity index (χ4n) is 2.90. The van der Waals surface area contributed by atoms with Crippen molar-refractivity contribution in [2.75, 3.05) is 26.2 Å². The molecule has 0 unspecified atom stereocenters. The molecule has 130 valence electrons. The lowest BCUT2D eigenvalue weighted by Crippen LogP contribution is -2.46. The number of rotatable bonds is 4. The van der Waals surface area contributed by atoms with E-state index in [9.17, 15) is 4.79 Å². The predicted molar refractivity (Wildman–Crippen MR) is 99.2 cm³/mol. The van der Waals surface area contributed by atoms with Crippen LogP contribution in [0.15, 0.2) is 33.0 Å². The maximum atomic E-state index is 13.0. The second-order valence-corrected chi connectivity index (χ2v) is 8.23. The summed E-state index contributed by atoms with van der Waals surface area (Å²) in [5, 5.41) is 13.4. The van der Waals surface area contributed by atoms with Gasteiger partial charge < -0.3 is 14.6 Å². The van der Waals surface area contributed by atoms with E-state index in [1.165, 1.54) is 0 Å². The number of carbonyl (C=O) groups excluding carboxylic acids is 1. The molecule has 25 heavy (non-hydrogen) atoms. The Kier molecular flexibility index (Phi) is 4.74. The number of nitrogens with one attached hydrogen (secondary N) is 1. The first-order chi connectivity index (χ1) is 12.2. The Morgan fingerprint density at radius 3 is 2.88 bits per heavy atom. The van der Waals surface area contributed by atoms with Gasteiger partial charge in [0.2, 0.25) is 0 Å².